The van der Waals surface area contributed by atoms with Gasteiger partial charge in [0.15, 0.2) is 5.96 Å². The van der Waals surface area contributed by atoms with Crippen molar-refractivity contribution in [3.63, 3.8) is 0 Å². The highest BCUT2D eigenvalue weighted by atomic mass is 16.5. The zero-order valence-electron chi connectivity index (χ0n) is 18.4. The number of nitrogens with zero attached hydrogens (tertiary/aromatic N) is 3. The fraction of sp³-hybridized carbons (Fsp3) is 0.636. The van der Waals surface area contributed by atoms with E-state index in [1.54, 1.807) is 14.2 Å². The Morgan fingerprint density at radius 1 is 1.13 bits per heavy atom. The fourth-order valence-corrected chi connectivity index (χ4v) is 3.99. The van der Waals surface area contributed by atoms with E-state index in [1.165, 1.54) is 0 Å². The standard InChI is InChI=1S/C22H35N5O3/c1-4-23-22(24-9-7-21(28)26-10-5-6-11-26)25-17-8-12-27(16-17)18-13-19(29-2)15-20(14-18)30-3/h13-15,17H,4-12,16H2,1-3H3,(H2,23,24,25). The lowest BCUT2D eigenvalue weighted by Gasteiger charge is -2.21. The Hall–Kier alpha value is -2.64. The van der Waals surface area contributed by atoms with E-state index in [2.05, 4.69) is 27.4 Å². The first-order chi connectivity index (χ1) is 14.6. The van der Waals surface area contributed by atoms with Crippen molar-refractivity contribution in [2.45, 2.75) is 38.6 Å². The van der Waals surface area contributed by atoms with Crippen LogP contribution < -0.4 is 25.0 Å². The summed E-state index contributed by atoms with van der Waals surface area (Å²) in [5, 5.41) is 6.83. The molecule has 8 nitrogen and oxygen atoms in total. The minimum atomic E-state index is 0.214. The molecule has 1 aromatic carbocycles. The molecule has 2 saturated heterocycles. The molecule has 0 spiro atoms. The number of carbonyl (C=O) groups excluding carboxylic acids is 1. The highest BCUT2D eigenvalue weighted by Gasteiger charge is 2.24. The predicted molar refractivity (Wildman–Crippen MR) is 120 cm³/mol. The summed E-state index contributed by atoms with van der Waals surface area (Å²) >= 11 is 0. The lowest BCUT2D eigenvalue weighted by atomic mass is 10.2. The molecular formula is C22H35N5O3. The van der Waals surface area contributed by atoms with E-state index in [9.17, 15) is 4.79 Å². The Labute approximate surface area is 179 Å². The zero-order valence-corrected chi connectivity index (χ0v) is 18.4. The number of nitrogens with one attached hydrogen (secondary N) is 2. The van der Waals surface area contributed by atoms with Crippen molar-refractivity contribution in [2.24, 2.45) is 4.99 Å². The Morgan fingerprint density at radius 3 is 2.47 bits per heavy atom. The molecule has 2 aliphatic heterocycles. The van der Waals surface area contributed by atoms with Crippen LogP contribution >= 0.6 is 0 Å². The Morgan fingerprint density at radius 2 is 1.83 bits per heavy atom. The smallest absolute Gasteiger partial charge is 0.224 e. The van der Waals surface area contributed by atoms with Crippen LogP contribution in [0.15, 0.2) is 23.2 Å². The van der Waals surface area contributed by atoms with Gasteiger partial charge in [0.1, 0.15) is 11.5 Å². The van der Waals surface area contributed by atoms with Gasteiger partial charge in [-0.3, -0.25) is 9.79 Å². The van der Waals surface area contributed by atoms with Crippen LogP contribution in [0.5, 0.6) is 11.5 Å². The Balaban J connectivity index is 1.54. The van der Waals surface area contributed by atoms with Gasteiger partial charge in [0.2, 0.25) is 5.91 Å². The highest BCUT2D eigenvalue weighted by molar-refractivity contribution is 5.81. The molecule has 2 N–H and O–H groups in total. The van der Waals surface area contributed by atoms with Crippen molar-refractivity contribution in [1.29, 1.82) is 0 Å². The molecule has 0 aromatic heterocycles. The summed E-state index contributed by atoms with van der Waals surface area (Å²) < 4.78 is 10.8. The van der Waals surface area contributed by atoms with Crippen molar-refractivity contribution in [2.75, 3.05) is 58.4 Å². The summed E-state index contributed by atoms with van der Waals surface area (Å²) in [5.41, 5.74) is 1.09. The first-order valence-corrected chi connectivity index (χ1v) is 10.9. The predicted octanol–water partition coefficient (Wildman–Crippen LogP) is 1.85. The molecule has 0 radical (unpaired) electrons. The van der Waals surface area contributed by atoms with Gasteiger partial charge in [-0.05, 0) is 26.2 Å². The van der Waals surface area contributed by atoms with Crippen molar-refractivity contribution >= 4 is 17.6 Å². The van der Waals surface area contributed by atoms with E-state index in [-0.39, 0.29) is 11.9 Å². The number of guanidine groups is 1. The second-order valence-electron chi connectivity index (χ2n) is 7.75. The van der Waals surface area contributed by atoms with Gasteiger partial charge in [-0.2, -0.15) is 0 Å². The van der Waals surface area contributed by atoms with Crippen molar-refractivity contribution in [3.05, 3.63) is 18.2 Å². The summed E-state index contributed by atoms with van der Waals surface area (Å²) in [6.07, 6.45) is 3.72. The summed E-state index contributed by atoms with van der Waals surface area (Å²) in [5.74, 6) is 2.57. The average molecular weight is 418 g/mol. The summed E-state index contributed by atoms with van der Waals surface area (Å²) in [6, 6.07) is 6.24. The molecular weight excluding hydrogens is 382 g/mol. The number of hydrogen-bond donors (Lipinski definition) is 2. The maximum Gasteiger partial charge on any atom is 0.224 e. The van der Waals surface area contributed by atoms with Crippen molar-refractivity contribution in [1.82, 2.24) is 15.5 Å². The van der Waals surface area contributed by atoms with Crippen molar-refractivity contribution < 1.29 is 14.3 Å². The molecule has 1 atom stereocenters. The third-order valence-electron chi connectivity index (χ3n) is 5.63. The van der Waals surface area contributed by atoms with Gasteiger partial charge in [-0.1, -0.05) is 0 Å². The van der Waals surface area contributed by atoms with Crippen LogP contribution in [0, 0.1) is 0 Å². The molecule has 8 heteroatoms. The average Bonchev–Trinajstić information content (AvgIpc) is 3.46. The molecule has 0 aliphatic carbocycles. The van der Waals surface area contributed by atoms with Crippen molar-refractivity contribution in [3.8, 4) is 11.5 Å². The van der Waals surface area contributed by atoms with Gasteiger partial charge in [0.25, 0.3) is 0 Å². The Kier molecular flexibility index (Phi) is 8.04. The van der Waals surface area contributed by atoms with Gasteiger partial charge < -0.3 is 29.9 Å². The normalized spacial score (nSPS) is 19.2. The topological polar surface area (TPSA) is 78.4 Å². The number of hydrogen-bond acceptors (Lipinski definition) is 5. The maximum absolute atomic E-state index is 12.2. The van der Waals surface area contributed by atoms with Crippen LogP contribution in [-0.4, -0.2) is 76.3 Å². The summed E-state index contributed by atoms with van der Waals surface area (Å²) in [6.45, 7) is 6.95. The van der Waals surface area contributed by atoms with Crippen LogP contribution in [0.25, 0.3) is 0 Å². The van der Waals surface area contributed by atoms with E-state index in [1.807, 2.05) is 23.1 Å². The van der Waals surface area contributed by atoms with Crippen LogP contribution in [0.2, 0.25) is 0 Å². The number of likely N-dealkylation sites (tertiary alicyclic amines) is 1. The van der Waals surface area contributed by atoms with Gasteiger partial charge in [-0.25, -0.2) is 0 Å². The number of rotatable bonds is 8. The molecule has 2 heterocycles. The van der Waals surface area contributed by atoms with E-state index in [0.717, 1.165) is 75.1 Å². The zero-order chi connectivity index (χ0) is 21.3. The molecule has 1 amide bonds. The molecule has 166 valence electrons. The molecule has 30 heavy (non-hydrogen) atoms. The number of methoxy groups -OCH3 is 2. The molecule has 0 bridgehead atoms. The van der Waals surface area contributed by atoms with Gasteiger partial charge >= 0.3 is 0 Å². The molecule has 0 saturated carbocycles. The van der Waals surface area contributed by atoms with Gasteiger partial charge in [0.05, 0.1) is 20.8 Å². The SMILES string of the molecule is CCNC(=NCCC(=O)N1CCCC1)NC1CCN(c2cc(OC)cc(OC)c2)C1. The highest BCUT2D eigenvalue weighted by Crippen LogP contribution is 2.30. The molecule has 1 aromatic rings. The third-order valence-corrected chi connectivity index (χ3v) is 5.63. The van der Waals surface area contributed by atoms with Crippen LogP contribution in [0.4, 0.5) is 5.69 Å². The van der Waals surface area contributed by atoms with Gasteiger partial charge in [-0.15, -0.1) is 0 Å². The number of anilines is 1. The second-order valence-corrected chi connectivity index (χ2v) is 7.75. The first-order valence-electron chi connectivity index (χ1n) is 10.9. The van der Waals surface area contributed by atoms with E-state index >= 15 is 0 Å². The lowest BCUT2D eigenvalue weighted by Crippen LogP contribution is -2.44. The van der Waals surface area contributed by atoms with Gasteiger partial charge in [0, 0.05) is 69.1 Å². The maximum atomic E-state index is 12.2. The third kappa shape index (κ3) is 5.93. The number of aliphatic imine (C=N–C) groups is 1. The monoisotopic (exact) mass is 417 g/mol. The fourth-order valence-electron chi connectivity index (χ4n) is 3.99. The van der Waals surface area contributed by atoms with Crippen LogP contribution in [-0.2, 0) is 4.79 Å². The number of carbonyl (C=O) groups is 1. The molecule has 1 unspecified atom stereocenters. The quantitative estimate of drug-likeness (QED) is 0.497. The minimum Gasteiger partial charge on any atom is -0.497 e. The number of ether oxygens (including phenoxy) is 2. The largest absolute Gasteiger partial charge is 0.497 e. The van der Waals surface area contributed by atoms with Crippen LogP contribution in [0.3, 0.4) is 0 Å². The number of amides is 1. The van der Waals surface area contributed by atoms with E-state index in [0.29, 0.717) is 13.0 Å². The lowest BCUT2D eigenvalue weighted by molar-refractivity contribution is -0.129. The first kappa shape index (κ1) is 22.1. The Bertz CT molecular complexity index is 711. The van der Waals surface area contributed by atoms with E-state index < -0.39 is 0 Å². The molecule has 2 aliphatic rings. The minimum absolute atomic E-state index is 0.214. The van der Waals surface area contributed by atoms with Crippen LogP contribution in [0.1, 0.15) is 32.6 Å². The summed E-state index contributed by atoms with van der Waals surface area (Å²) in [4.78, 5) is 21.1. The molecule has 3 rings (SSSR count). The summed E-state index contributed by atoms with van der Waals surface area (Å²) in [7, 11) is 3.33. The molecule has 2 fully saturated rings. The second kappa shape index (κ2) is 10.9. The number of benzene rings is 1. The van der Waals surface area contributed by atoms with E-state index in [4.69, 9.17) is 9.47 Å².